The topological polar surface area (TPSA) is 269 Å². The van der Waals surface area contributed by atoms with Crippen molar-refractivity contribution in [2.75, 3.05) is 13.2 Å². The number of rotatable bonds is 41. The van der Waals surface area contributed by atoms with Gasteiger partial charge in [0.25, 0.3) is 0 Å². The van der Waals surface area contributed by atoms with E-state index in [0.717, 1.165) is 96.3 Å². The van der Waals surface area contributed by atoms with Crippen molar-refractivity contribution < 1.29 is 81.6 Å². The maximum atomic E-state index is 13.0. The Kier molecular flexibility index (Phi) is 32.6. The first-order valence-electron chi connectivity index (χ1n) is 25.0. The van der Waals surface area contributed by atoms with Crippen LogP contribution in [0.4, 0.5) is 0 Å². The van der Waals surface area contributed by atoms with Gasteiger partial charge in [0.05, 0.1) is 18.8 Å². The van der Waals surface area contributed by atoms with E-state index in [4.69, 9.17) is 23.3 Å². The molecule has 1 heterocycles. The average molecular weight is 985 g/mol. The molecule has 1 aliphatic heterocycles. The fourth-order valence-electron chi connectivity index (χ4n) is 7.91. The number of ether oxygens (including phenoxy) is 3. The van der Waals surface area contributed by atoms with Gasteiger partial charge >= 0.3 is 27.6 Å². The van der Waals surface area contributed by atoms with E-state index in [9.17, 15) is 53.8 Å². The normalized spacial score (nSPS) is 24.7. The highest BCUT2D eigenvalue weighted by molar-refractivity contribution is 7.47. The second-order valence-corrected chi connectivity index (χ2v) is 20.5. The minimum absolute atomic E-state index is 0.0342. The maximum Gasteiger partial charge on any atom is 0.472 e. The van der Waals surface area contributed by atoms with E-state index < -0.39 is 83.5 Å². The van der Waals surface area contributed by atoms with Crippen molar-refractivity contribution in [1.82, 2.24) is 0 Å². The summed E-state index contributed by atoms with van der Waals surface area (Å²) in [6.45, 7) is 3.07. The van der Waals surface area contributed by atoms with Crippen LogP contribution >= 0.6 is 15.6 Å². The molecular formula is C47H86O17P2. The SMILES string of the molecule is CCCCC/C=C\CC1OC1CCCCCCCC(=O)OC[C@H](COP(=O)(O)O[C@H]1C(O)C(O)C(O)[C@@H](OP(=O)(O)O)C1O)OC(=O)CCCCCCCCC/C=C\CCCCCCCC. The van der Waals surface area contributed by atoms with Gasteiger partial charge in [-0.1, -0.05) is 141 Å². The number of phosphoric ester groups is 2. The zero-order valence-corrected chi connectivity index (χ0v) is 41.6. The molecule has 10 atom stereocenters. The number of allylic oxidation sites excluding steroid dienone is 3. The molecule has 0 aromatic carbocycles. The first kappa shape index (κ1) is 60.6. The van der Waals surface area contributed by atoms with Crippen LogP contribution in [-0.2, 0) is 46.5 Å². The van der Waals surface area contributed by atoms with Gasteiger partial charge in [-0.3, -0.25) is 23.2 Å². The van der Waals surface area contributed by atoms with Gasteiger partial charge < -0.3 is 49.3 Å². The Morgan fingerprint density at radius 2 is 1.02 bits per heavy atom. The smallest absolute Gasteiger partial charge is 0.462 e. The molecule has 0 spiro atoms. The van der Waals surface area contributed by atoms with E-state index in [2.05, 4.69) is 42.7 Å². The molecule has 2 rings (SSSR count). The van der Waals surface area contributed by atoms with Crippen LogP contribution in [0, 0.1) is 0 Å². The van der Waals surface area contributed by atoms with Gasteiger partial charge in [0, 0.05) is 12.8 Å². The summed E-state index contributed by atoms with van der Waals surface area (Å²) in [4.78, 5) is 54.4. The van der Waals surface area contributed by atoms with Gasteiger partial charge in [0.1, 0.15) is 43.2 Å². The second-order valence-electron chi connectivity index (χ2n) is 17.9. The largest absolute Gasteiger partial charge is 0.472 e. The van der Waals surface area contributed by atoms with E-state index in [-0.39, 0.29) is 12.8 Å². The standard InChI is InChI=1S/C47H86O17P2/c1-3-5-7-9-11-12-13-14-15-16-17-18-19-20-21-25-30-34-41(49)61-37(36-60-66(57,58)64-47-44(52)42(50)43(51)46(45(47)53)63-65(54,55)56)35-59-40(48)33-29-26-22-24-28-32-39-38(62-39)31-27-23-10-8-6-4-2/h14-15,23,27,37-39,42-47,50-53H,3-13,16-22,24-26,28-36H2,1-2H3,(H,57,58)(H2,54,55,56)/b15-14-,27-23-/t37-,38?,39?,42?,43?,44?,45?,46-,47+/m1/s1. The molecule has 19 heteroatoms. The number of carbonyl (C=O) groups excluding carboxylic acids is 2. The summed E-state index contributed by atoms with van der Waals surface area (Å²) in [6, 6.07) is 0. The van der Waals surface area contributed by atoms with Crippen molar-refractivity contribution in [3.8, 4) is 0 Å². The minimum atomic E-state index is -5.37. The fraction of sp³-hybridized carbons (Fsp3) is 0.872. The summed E-state index contributed by atoms with van der Waals surface area (Å²) in [7, 11) is -10.7. The molecule has 7 unspecified atom stereocenters. The molecule has 0 bridgehead atoms. The van der Waals surface area contributed by atoms with Crippen LogP contribution in [0.25, 0.3) is 0 Å². The summed E-state index contributed by atoms with van der Waals surface area (Å²) in [5, 5.41) is 41.3. The Morgan fingerprint density at radius 3 is 1.59 bits per heavy atom. The van der Waals surface area contributed by atoms with E-state index in [0.29, 0.717) is 25.0 Å². The van der Waals surface area contributed by atoms with Gasteiger partial charge in [-0.05, 0) is 64.2 Å². The van der Waals surface area contributed by atoms with Crippen LogP contribution in [-0.4, -0.2) is 115 Å². The van der Waals surface area contributed by atoms with Crippen molar-refractivity contribution >= 4 is 27.6 Å². The van der Waals surface area contributed by atoms with Crippen molar-refractivity contribution in [3.63, 3.8) is 0 Å². The lowest BCUT2D eigenvalue weighted by Gasteiger charge is -2.43. The van der Waals surface area contributed by atoms with Crippen LogP contribution in [0.15, 0.2) is 24.3 Å². The molecule has 0 aromatic rings. The van der Waals surface area contributed by atoms with Crippen molar-refractivity contribution in [3.05, 3.63) is 24.3 Å². The van der Waals surface area contributed by atoms with Crippen LogP contribution in [0.5, 0.6) is 0 Å². The van der Waals surface area contributed by atoms with Crippen LogP contribution in [0.1, 0.15) is 194 Å². The number of carbonyl (C=O) groups is 2. The van der Waals surface area contributed by atoms with Crippen LogP contribution in [0.3, 0.4) is 0 Å². The number of esters is 2. The summed E-state index contributed by atoms with van der Waals surface area (Å²) in [5.41, 5.74) is 0. The lowest BCUT2D eigenvalue weighted by molar-refractivity contribution is -0.216. The number of phosphoric acid groups is 2. The Hall–Kier alpha value is -1.56. The zero-order valence-electron chi connectivity index (χ0n) is 39.8. The fourth-order valence-corrected chi connectivity index (χ4v) is 9.45. The third kappa shape index (κ3) is 28.8. The Bertz CT molecular complexity index is 1440. The third-order valence-electron chi connectivity index (χ3n) is 11.9. The summed E-state index contributed by atoms with van der Waals surface area (Å²) >= 11 is 0. The molecular weight excluding hydrogens is 898 g/mol. The number of aliphatic hydroxyl groups excluding tert-OH is 4. The molecule has 0 radical (unpaired) electrons. The zero-order chi connectivity index (χ0) is 48.6. The van der Waals surface area contributed by atoms with Gasteiger partial charge in [-0.2, -0.15) is 0 Å². The summed E-state index contributed by atoms with van der Waals surface area (Å²) in [5.74, 6) is -1.23. The van der Waals surface area contributed by atoms with Gasteiger partial charge in [0.2, 0.25) is 0 Å². The van der Waals surface area contributed by atoms with Crippen LogP contribution < -0.4 is 0 Å². The molecule has 1 saturated carbocycles. The van der Waals surface area contributed by atoms with E-state index >= 15 is 0 Å². The molecule has 0 amide bonds. The summed E-state index contributed by atoms with van der Waals surface area (Å²) < 4.78 is 55.2. The molecule has 1 saturated heterocycles. The predicted molar refractivity (Wildman–Crippen MR) is 250 cm³/mol. The highest BCUT2D eigenvalue weighted by Crippen LogP contribution is 2.49. The summed E-state index contributed by atoms with van der Waals surface area (Å²) in [6.07, 6.45) is 22.9. The van der Waals surface area contributed by atoms with Gasteiger partial charge in [-0.15, -0.1) is 0 Å². The number of hydrogen-bond acceptors (Lipinski definition) is 14. The van der Waals surface area contributed by atoms with Crippen molar-refractivity contribution in [2.24, 2.45) is 0 Å². The van der Waals surface area contributed by atoms with Crippen LogP contribution in [0.2, 0.25) is 0 Å². The number of epoxide rings is 1. The Labute approximate surface area is 394 Å². The Morgan fingerprint density at radius 1 is 0.545 bits per heavy atom. The van der Waals surface area contributed by atoms with E-state index in [1.54, 1.807) is 0 Å². The molecule has 386 valence electrons. The lowest BCUT2D eigenvalue weighted by Crippen LogP contribution is -2.64. The van der Waals surface area contributed by atoms with Gasteiger partial charge in [-0.25, -0.2) is 9.13 Å². The predicted octanol–water partition coefficient (Wildman–Crippen LogP) is 8.72. The Balaban J connectivity index is 1.78. The molecule has 1 aliphatic carbocycles. The van der Waals surface area contributed by atoms with Gasteiger partial charge in [0.15, 0.2) is 6.10 Å². The molecule has 66 heavy (non-hydrogen) atoms. The third-order valence-corrected chi connectivity index (χ3v) is 13.4. The highest BCUT2D eigenvalue weighted by atomic mass is 31.2. The minimum Gasteiger partial charge on any atom is -0.462 e. The quantitative estimate of drug-likeness (QED) is 0.00992. The number of unbranched alkanes of at least 4 members (excludes halogenated alkanes) is 20. The van der Waals surface area contributed by atoms with E-state index in [1.165, 1.54) is 57.8 Å². The van der Waals surface area contributed by atoms with Crippen molar-refractivity contribution in [1.29, 1.82) is 0 Å². The molecule has 2 fully saturated rings. The first-order chi connectivity index (χ1) is 31.6. The molecule has 17 nitrogen and oxygen atoms in total. The highest BCUT2D eigenvalue weighted by Gasteiger charge is 2.54. The molecule has 2 aliphatic rings. The van der Waals surface area contributed by atoms with Crippen molar-refractivity contribution in [2.45, 2.75) is 249 Å². The monoisotopic (exact) mass is 985 g/mol. The maximum absolute atomic E-state index is 13.0. The molecule has 7 N–H and O–H groups in total. The second kappa shape index (κ2) is 35.5. The molecule has 0 aromatic heterocycles. The first-order valence-corrected chi connectivity index (χ1v) is 28.0. The number of aliphatic hydroxyl groups is 4. The lowest BCUT2D eigenvalue weighted by atomic mass is 9.85. The number of hydrogen-bond donors (Lipinski definition) is 7. The van der Waals surface area contributed by atoms with E-state index in [1.807, 2.05) is 0 Å². The average Bonchev–Trinajstić information content (AvgIpc) is 4.03.